The smallest absolute Gasteiger partial charge is 0.115 e. The molecule has 1 atom stereocenters. The van der Waals surface area contributed by atoms with Crippen molar-refractivity contribution in [3.8, 4) is 5.75 Å². The first-order valence-corrected chi connectivity index (χ1v) is 6.39. The van der Waals surface area contributed by atoms with E-state index in [1.54, 1.807) is 12.1 Å². The van der Waals surface area contributed by atoms with Gasteiger partial charge in [-0.3, -0.25) is 0 Å². The molecular formula is C13H19BrO. The van der Waals surface area contributed by atoms with Crippen molar-refractivity contribution in [2.75, 3.05) is 5.33 Å². The van der Waals surface area contributed by atoms with Crippen LogP contribution in [0, 0.1) is 11.3 Å². The fraction of sp³-hybridized carbons (Fsp3) is 0.538. The topological polar surface area (TPSA) is 20.2 Å². The Kier molecular flexibility index (Phi) is 4.21. The monoisotopic (exact) mass is 270 g/mol. The van der Waals surface area contributed by atoms with Crippen molar-refractivity contribution in [3.05, 3.63) is 29.8 Å². The summed E-state index contributed by atoms with van der Waals surface area (Å²) in [4.78, 5) is 0. The number of rotatable bonds is 3. The molecule has 0 aromatic heterocycles. The third-order valence-electron chi connectivity index (χ3n) is 2.83. The van der Waals surface area contributed by atoms with Crippen LogP contribution < -0.4 is 0 Å². The molecule has 0 aliphatic carbocycles. The summed E-state index contributed by atoms with van der Waals surface area (Å²) < 4.78 is 0. The predicted molar refractivity (Wildman–Crippen MR) is 68.5 cm³/mol. The van der Waals surface area contributed by atoms with Crippen molar-refractivity contribution in [2.24, 2.45) is 11.3 Å². The number of benzene rings is 1. The van der Waals surface area contributed by atoms with Crippen LogP contribution in [-0.2, 0) is 6.42 Å². The molecule has 0 bridgehead atoms. The zero-order valence-corrected chi connectivity index (χ0v) is 11.2. The van der Waals surface area contributed by atoms with Crippen molar-refractivity contribution in [2.45, 2.75) is 27.2 Å². The van der Waals surface area contributed by atoms with E-state index in [9.17, 15) is 5.11 Å². The largest absolute Gasteiger partial charge is 0.508 e. The standard InChI is InChI=1S/C13H19BrO/c1-13(2,3)11(9-14)8-10-4-6-12(15)7-5-10/h4-7,11,15H,8-9H2,1-3H3. The first-order chi connectivity index (χ1) is 6.93. The van der Waals surface area contributed by atoms with Crippen LogP contribution in [0.15, 0.2) is 24.3 Å². The molecule has 1 aromatic carbocycles. The average molecular weight is 271 g/mol. The SMILES string of the molecule is CC(C)(C)C(CBr)Cc1ccc(O)cc1. The summed E-state index contributed by atoms with van der Waals surface area (Å²) in [6.07, 6.45) is 1.05. The highest BCUT2D eigenvalue weighted by atomic mass is 79.9. The van der Waals surface area contributed by atoms with Crippen LogP contribution in [0.5, 0.6) is 5.75 Å². The summed E-state index contributed by atoms with van der Waals surface area (Å²) in [6, 6.07) is 7.50. The third-order valence-corrected chi connectivity index (χ3v) is 3.61. The first kappa shape index (κ1) is 12.6. The minimum atomic E-state index is 0.307. The summed E-state index contributed by atoms with van der Waals surface area (Å²) in [5.41, 5.74) is 1.59. The van der Waals surface area contributed by atoms with Gasteiger partial charge in [0, 0.05) is 5.33 Å². The van der Waals surface area contributed by atoms with Crippen molar-refractivity contribution in [1.29, 1.82) is 0 Å². The minimum Gasteiger partial charge on any atom is -0.508 e. The third kappa shape index (κ3) is 3.86. The Bertz CT molecular complexity index is 297. The molecule has 1 N–H and O–H groups in total. The molecule has 0 aliphatic heterocycles. The predicted octanol–water partition coefficient (Wildman–Crippen LogP) is 3.99. The second kappa shape index (κ2) is 5.02. The van der Waals surface area contributed by atoms with E-state index in [1.807, 2.05) is 12.1 Å². The zero-order chi connectivity index (χ0) is 11.5. The van der Waals surface area contributed by atoms with Crippen molar-refractivity contribution in [3.63, 3.8) is 0 Å². The zero-order valence-electron chi connectivity index (χ0n) is 9.63. The van der Waals surface area contributed by atoms with Gasteiger partial charge in [0.15, 0.2) is 0 Å². The molecule has 0 amide bonds. The lowest BCUT2D eigenvalue weighted by molar-refractivity contribution is 0.267. The van der Waals surface area contributed by atoms with E-state index < -0.39 is 0 Å². The van der Waals surface area contributed by atoms with Gasteiger partial charge in [0.1, 0.15) is 5.75 Å². The Labute approximate surface area is 101 Å². The molecule has 0 saturated heterocycles. The number of halogens is 1. The number of phenols is 1. The normalized spacial score (nSPS) is 13.9. The maximum absolute atomic E-state index is 9.20. The van der Waals surface area contributed by atoms with Crippen molar-refractivity contribution >= 4 is 15.9 Å². The molecule has 0 heterocycles. The molecule has 1 nitrogen and oxygen atoms in total. The number of hydrogen-bond donors (Lipinski definition) is 1. The van der Waals surface area contributed by atoms with Crippen LogP contribution in [0.25, 0.3) is 0 Å². The molecule has 0 aliphatic rings. The molecule has 84 valence electrons. The Hall–Kier alpha value is -0.500. The van der Waals surface area contributed by atoms with Crippen molar-refractivity contribution < 1.29 is 5.11 Å². The Morgan fingerprint density at radius 3 is 2.13 bits per heavy atom. The van der Waals surface area contributed by atoms with Crippen LogP contribution >= 0.6 is 15.9 Å². The molecule has 15 heavy (non-hydrogen) atoms. The number of aromatic hydroxyl groups is 1. The van der Waals surface area contributed by atoms with Gasteiger partial charge in [0.25, 0.3) is 0 Å². The van der Waals surface area contributed by atoms with Crippen molar-refractivity contribution in [1.82, 2.24) is 0 Å². The highest BCUT2D eigenvalue weighted by Crippen LogP contribution is 2.30. The van der Waals surface area contributed by atoms with E-state index in [0.29, 0.717) is 17.1 Å². The fourth-order valence-electron chi connectivity index (χ4n) is 1.51. The lowest BCUT2D eigenvalue weighted by atomic mass is 9.78. The molecule has 1 unspecified atom stereocenters. The molecule has 0 saturated carbocycles. The van der Waals surface area contributed by atoms with E-state index in [2.05, 4.69) is 36.7 Å². The number of hydrogen-bond acceptors (Lipinski definition) is 1. The van der Waals surface area contributed by atoms with Gasteiger partial charge in [-0.05, 0) is 35.4 Å². The van der Waals surface area contributed by atoms with Crippen LogP contribution in [0.1, 0.15) is 26.3 Å². The van der Waals surface area contributed by atoms with Crippen LogP contribution in [0.4, 0.5) is 0 Å². The maximum Gasteiger partial charge on any atom is 0.115 e. The van der Waals surface area contributed by atoms with E-state index in [1.165, 1.54) is 5.56 Å². The van der Waals surface area contributed by atoms with Gasteiger partial charge in [-0.25, -0.2) is 0 Å². The summed E-state index contributed by atoms with van der Waals surface area (Å²) in [5, 5.41) is 10.2. The quantitative estimate of drug-likeness (QED) is 0.824. The van der Waals surface area contributed by atoms with Gasteiger partial charge in [0.05, 0.1) is 0 Å². The van der Waals surface area contributed by atoms with Crippen LogP contribution in [0.2, 0.25) is 0 Å². The molecule has 0 radical (unpaired) electrons. The Morgan fingerprint density at radius 2 is 1.73 bits per heavy atom. The second-order valence-corrected chi connectivity index (χ2v) is 5.74. The van der Waals surface area contributed by atoms with Gasteiger partial charge < -0.3 is 5.11 Å². The van der Waals surface area contributed by atoms with Gasteiger partial charge in [-0.15, -0.1) is 0 Å². The summed E-state index contributed by atoms with van der Waals surface area (Å²) >= 11 is 3.57. The summed E-state index contributed by atoms with van der Waals surface area (Å²) in [7, 11) is 0. The fourth-order valence-corrected chi connectivity index (χ4v) is 2.71. The van der Waals surface area contributed by atoms with E-state index in [0.717, 1.165) is 11.8 Å². The Morgan fingerprint density at radius 1 is 1.20 bits per heavy atom. The highest BCUT2D eigenvalue weighted by Gasteiger charge is 2.23. The van der Waals surface area contributed by atoms with E-state index >= 15 is 0 Å². The average Bonchev–Trinajstić information content (AvgIpc) is 2.15. The molecule has 1 rings (SSSR count). The van der Waals surface area contributed by atoms with Gasteiger partial charge in [-0.1, -0.05) is 48.8 Å². The minimum absolute atomic E-state index is 0.307. The maximum atomic E-state index is 9.20. The number of alkyl halides is 1. The molecule has 0 fully saturated rings. The van der Waals surface area contributed by atoms with E-state index in [-0.39, 0.29) is 0 Å². The molecule has 0 spiro atoms. The summed E-state index contributed by atoms with van der Waals surface area (Å²) in [6.45, 7) is 6.79. The second-order valence-electron chi connectivity index (χ2n) is 5.09. The Balaban J connectivity index is 2.71. The van der Waals surface area contributed by atoms with Crippen LogP contribution in [0.3, 0.4) is 0 Å². The summed E-state index contributed by atoms with van der Waals surface area (Å²) in [5.74, 6) is 0.951. The van der Waals surface area contributed by atoms with E-state index in [4.69, 9.17) is 0 Å². The van der Waals surface area contributed by atoms with Gasteiger partial charge >= 0.3 is 0 Å². The molecular weight excluding hydrogens is 252 g/mol. The number of phenolic OH excluding ortho intramolecular Hbond substituents is 1. The van der Waals surface area contributed by atoms with Crippen LogP contribution in [-0.4, -0.2) is 10.4 Å². The first-order valence-electron chi connectivity index (χ1n) is 5.27. The molecule has 1 aromatic rings. The van der Waals surface area contributed by atoms with Gasteiger partial charge in [-0.2, -0.15) is 0 Å². The highest BCUT2D eigenvalue weighted by molar-refractivity contribution is 9.09. The lowest BCUT2D eigenvalue weighted by Gasteiger charge is -2.29. The lowest BCUT2D eigenvalue weighted by Crippen LogP contribution is -2.23. The van der Waals surface area contributed by atoms with Gasteiger partial charge in [0.2, 0.25) is 0 Å². The molecule has 2 heteroatoms.